The summed E-state index contributed by atoms with van der Waals surface area (Å²) in [7, 11) is 0. The molecule has 7 nitrogen and oxygen atoms in total. The van der Waals surface area contributed by atoms with Crippen LogP contribution in [-0.2, 0) is 4.79 Å². The highest BCUT2D eigenvalue weighted by Crippen LogP contribution is 2.29. The van der Waals surface area contributed by atoms with Gasteiger partial charge in [0.25, 0.3) is 0 Å². The van der Waals surface area contributed by atoms with Crippen molar-refractivity contribution in [1.29, 1.82) is 0 Å². The standard InChI is InChI=1S/C19H15ClFN5O2/c1-9-15(16(24-19(28)22-9)10-2-4-11(21)5-3-10)18(27)23-12-6-7-14-13(8-12)17(20)26-25-14/h2-8,15-16H,1H3,(H,23,27)(H,24,28)(H,25,26). The Labute approximate surface area is 164 Å². The predicted octanol–water partition coefficient (Wildman–Crippen LogP) is 3.84. The van der Waals surface area contributed by atoms with Crippen LogP contribution in [0.2, 0.25) is 5.15 Å². The van der Waals surface area contributed by atoms with E-state index >= 15 is 0 Å². The lowest BCUT2D eigenvalue weighted by Crippen LogP contribution is -2.45. The fourth-order valence-electron chi connectivity index (χ4n) is 3.28. The van der Waals surface area contributed by atoms with Crippen molar-refractivity contribution in [3.63, 3.8) is 0 Å². The molecule has 28 heavy (non-hydrogen) atoms. The number of aromatic amines is 1. The smallest absolute Gasteiger partial charge is 0.328 e. The monoisotopic (exact) mass is 399 g/mol. The van der Waals surface area contributed by atoms with Crippen LogP contribution in [0.5, 0.6) is 0 Å². The molecule has 0 saturated carbocycles. The van der Waals surface area contributed by atoms with Crippen LogP contribution in [0.15, 0.2) is 47.5 Å². The summed E-state index contributed by atoms with van der Waals surface area (Å²) in [4.78, 5) is 28.8. The average molecular weight is 400 g/mol. The van der Waals surface area contributed by atoms with Gasteiger partial charge in [-0.15, -0.1) is 0 Å². The van der Waals surface area contributed by atoms with E-state index in [1.165, 1.54) is 24.3 Å². The predicted molar refractivity (Wildman–Crippen MR) is 104 cm³/mol. The van der Waals surface area contributed by atoms with Crippen molar-refractivity contribution in [3.8, 4) is 0 Å². The number of nitrogens with zero attached hydrogens (tertiary/aromatic N) is 2. The van der Waals surface area contributed by atoms with Crippen LogP contribution in [0.4, 0.5) is 14.9 Å². The molecule has 0 radical (unpaired) electrons. The lowest BCUT2D eigenvalue weighted by atomic mass is 9.87. The number of H-pyrrole nitrogens is 1. The number of carbonyl (C=O) groups is 2. The van der Waals surface area contributed by atoms with Crippen molar-refractivity contribution < 1.29 is 14.0 Å². The van der Waals surface area contributed by atoms with Gasteiger partial charge in [-0.25, -0.2) is 14.2 Å². The van der Waals surface area contributed by atoms with Crippen LogP contribution >= 0.6 is 11.6 Å². The summed E-state index contributed by atoms with van der Waals surface area (Å²) < 4.78 is 13.3. The van der Waals surface area contributed by atoms with Crippen molar-refractivity contribution >= 4 is 45.8 Å². The van der Waals surface area contributed by atoms with Gasteiger partial charge in [-0.2, -0.15) is 5.10 Å². The molecule has 4 rings (SSSR count). The molecular formula is C19H15ClFN5O2. The highest BCUT2D eigenvalue weighted by Gasteiger charge is 2.36. The van der Waals surface area contributed by atoms with Crippen molar-refractivity contribution in [2.24, 2.45) is 10.9 Å². The number of fused-ring (bicyclic) bond motifs is 1. The second-order valence-corrected chi connectivity index (χ2v) is 6.85. The first-order valence-electron chi connectivity index (χ1n) is 8.48. The third-order valence-electron chi connectivity index (χ3n) is 4.63. The van der Waals surface area contributed by atoms with Crippen LogP contribution in [0, 0.1) is 11.7 Å². The van der Waals surface area contributed by atoms with E-state index in [4.69, 9.17) is 11.6 Å². The first-order valence-corrected chi connectivity index (χ1v) is 8.86. The zero-order valence-electron chi connectivity index (χ0n) is 14.7. The molecule has 2 atom stereocenters. The fourth-order valence-corrected chi connectivity index (χ4v) is 3.48. The largest absolute Gasteiger partial charge is 0.341 e. The number of benzene rings is 2. The Hall–Kier alpha value is -3.26. The van der Waals surface area contributed by atoms with Crippen LogP contribution in [0.25, 0.3) is 10.9 Å². The van der Waals surface area contributed by atoms with Gasteiger partial charge in [-0.05, 0) is 42.8 Å². The fraction of sp³-hybridized carbons (Fsp3) is 0.158. The van der Waals surface area contributed by atoms with Gasteiger partial charge < -0.3 is 10.6 Å². The minimum absolute atomic E-state index is 0.352. The Morgan fingerprint density at radius 2 is 1.96 bits per heavy atom. The molecule has 1 aliphatic rings. The molecule has 1 aromatic heterocycles. The average Bonchev–Trinajstić information content (AvgIpc) is 3.02. The molecule has 0 bridgehead atoms. The highest BCUT2D eigenvalue weighted by molar-refractivity contribution is 6.34. The first kappa shape index (κ1) is 18.1. The van der Waals surface area contributed by atoms with Gasteiger partial charge >= 0.3 is 6.03 Å². The maximum atomic E-state index is 13.3. The molecule has 2 unspecified atom stereocenters. The Bertz CT molecular complexity index is 1110. The molecule has 142 valence electrons. The van der Waals surface area contributed by atoms with Crippen LogP contribution in [0.1, 0.15) is 18.5 Å². The molecule has 0 spiro atoms. The third-order valence-corrected chi connectivity index (χ3v) is 4.92. The summed E-state index contributed by atoms with van der Waals surface area (Å²) >= 11 is 6.06. The molecule has 3 N–H and O–H groups in total. The van der Waals surface area contributed by atoms with E-state index in [0.717, 1.165) is 0 Å². The number of halogens is 2. The SMILES string of the molecule is CC1=NC(=O)NC(c2ccc(F)cc2)C1C(=O)Nc1ccc2n[nH]c(Cl)c2c1. The van der Waals surface area contributed by atoms with E-state index in [0.29, 0.717) is 33.0 Å². The number of carbonyl (C=O) groups excluding carboxylic acids is 2. The number of urea groups is 1. The number of hydrogen-bond acceptors (Lipinski definition) is 3. The van der Waals surface area contributed by atoms with E-state index in [9.17, 15) is 14.0 Å². The number of nitrogens with one attached hydrogen (secondary N) is 3. The summed E-state index contributed by atoms with van der Waals surface area (Å²) in [6.45, 7) is 1.62. The molecule has 0 aliphatic carbocycles. The number of aliphatic imine (C=N–C) groups is 1. The van der Waals surface area contributed by atoms with Crippen LogP contribution in [-0.4, -0.2) is 27.8 Å². The molecule has 2 aromatic carbocycles. The molecule has 0 fully saturated rings. The normalized spacial score (nSPS) is 19.2. The van der Waals surface area contributed by atoms with E-state index in [2.05, 4.69) is 25.8 Å². The van der Waals surface area contributed by atoms with Gasteiger partial charge in [-0.3, -0.25) is 9.89 Å². The Morgan fingerprint density at radius 3 is 2.71 bits per heavy atom. The zero-order chi connectivity index (χ0) is 19.8. The van der Waals surface area contributed by atoms with Gasteiger partial charge in [0.2, 0.25) is 5.91 Å². The van der Waals surface area contributed by atoms with E-state index in [1.807, 2.05) is 0 Å². The van der Waals surface area contributed by atoms with Crippen molar-refractivity contribution in [3.05, 3.63) is 59.0 Å². The maximum absolute atomic E-state index is 13.3. The van der Waals surface area contributed by atoms with E-state index in [-0.39, 0.29) is 5.91 Å². The molecule has 9 heteroatoms. The number of amides is 3. The van der Waals surface area contributed by atoms with Gasteiger partial charge in [0.1, 0.15) is 16.9 Å². The minimum atomic E-state index is -0.751. The number of rotatable bonds is 3. The van der Waals surface area contributed by atoms with Crippen LogP contribution in [0.3, 0.4) is 0 Å². The van der Waals surface area contributed by atoms with Crippen molar-refractivity contribution in [1.82, 2.24) is 15.5 Å². The quantitative estimate of drug-likeness (QED) is 0.624. The van der Waals surface area contributed by atoms with Crippen molar-refractivity contribution in [2.45, 2.75) is 13.0 Å². The van der Waals surface area contributed by atoms with Gasteiger partial charge in [0.15, 0.2) is 0 Å². The van der Waals surface area contributed by atoms with E-state index in [1.54, 1.807) is 25.1 Å². The molecule has 3 amide bonds. The third kappa shape index (κ3) is 3.34. The summed E-state index contributed by atoms with van der Waals surface area (Å²) in [5, 5.41) is 13.3. The van der Waals surface area contributed by atoms with Gasteiger partial charge in [-0.1, -0.05) is 23.7 Å². The first-order chi connectivity index (χ1) is 13.4. The minimum Gasteiger partial charge on any atom is -0.328 e. The lowest BCUT2D eigenvalue weighted by Gasteiger charge is -2.30. The molecule has 2 heterocycles. The van der Waals surface area contributed by atoms with Crippen LogP contribution < -0.4 is 10.6 Å². The molecular weight excluding hydrogens is 385 g/mol. The van der Waals surface area contributed by atoms with Crippen molar-refractivity contribution in [2.75, 3.05) is 5.32 Å². The zero-order valence-corrected chi connectivity index (χ0v) is 15.4. The topological polar surface area (TPSA) is 99.2 Å². The van der Waals surface area contributed by atoms with E-state index < -0.39 is 23.8 Å². The molecule has 1 aliphatic heterocycles. The second kappa shape index (κ2) is 7.05. The summed E-state index contributed by atoms with van der Waals surface area (Å²) in [6.07, 6.45) is 0. The Kier molecular flexibility index (Phi) is 4.56. The number of aromatic nitrogens is 2. The summed E-state index contributed by atoms with van der Waals surface area (Å²) in [5.41, 5.74) is 2.19. The molecule has 3 aromatic rings. The Balaban J connectivity index is 1.65. The second-order valence-electron chi connectivity index (χ2n) is 6.47. The van der Waals surface area contributed by atoms with Gasteiger partial charge in [0.05, 0.1) is 11.6 Å². The number of hydrogen-bond donors (Lipinski definition) is 3. The maximum Gasteiger partial charge on any atom is 0.341 e. The van der Waals surface area contributed by atoms with Gasteiger partial charge in [0, 0.05) is 16.8 Å². The summed E-state index contributed by atoms with van der Waals surface area (Å²) in [6, 6.07) is 9.59. The Morgan fingerprint density at radius 1 is 1.21 bits per heavy atom. The number of anilines is 1. The lowest BCUT2D eigenvalue weighted by molar-refractivity contribution is -0.118. The highest BCUT2D eigenvalue weighted by atomic mass is 35.5. The molecule has 0 saturated heterocycles. The summed E-state index contributed by atoms with van der Waals surface area (Å²) in [5.74, 6) is -1.50.